The predicted molar refractivity (Wildman–Crippen MR) is 121 cm³/mol. The number of nitrogens with zero attached hydrogens (tertiary/aromatic N) is 1. The highest BCUT2D eigenvalue weighted by Gasteiger charge is 2.40. The summed E-state index contributed by atoms with van der Waals surface area (Å²) in [5, 5.41) is 2.45. The first-order chi connectivity index (χ1) is 14.3. The summed E-state index contributed by atoms with van der Waals surface area (Å²) in [6, 6.07) is 18.1. The maximum atomic E-state index is 12.9. The molecule has 0 atom stereocenters. The predicted octanol–water partition coefficient (Wildman–Crippen LogP) is 5.77. The number of hydrogen-bond acceptors (Lipinski definition) is 3. The zero-order chi connectivity index (χ0) is 21.2. The number of anilines is 1. The van der Waals surface area contributed by atoms with Crippen molar-refractivity contribution in [3.05, 3.63) is 100 Å². The van der Waals surface area contributed by atoms with Crippen LogP contribution in [0.25, 0.3) is 10.8 Å². The number of aryl methyl sites for hydroxylation is 1. The van der Waals surface area contributed by atoms with Crippen molar-refractivity contribution in [2.75, 3.05) is 11.9 Å². The smallest absolute Gasteiger partial charge is 0.197 e. The van der Waals surface area contributed by atoms with Crippen molar-refractivity contribution in [1.29, 1.82) is 0 Å². The van der Waals surface area contributed by atoms with Gasteiger partial charge in [0.25, 0.3) is 0 Å². The summed E-state index contributed by atoms with van der Waals surface area (Å²) < 4.78 is 0. The molecule has 3 nitrogen and oxygen atoms in total. The Morgan fingerprint density at radius 1 is 0.867 bits per heavy atom. The molecule has 0 saturated heterocycles. The van der Waals surface area contributed by atoms with Gasteiger partial charge in [-0.05, 0) is 47.5 Å². The summed E-state index contributed by atoms with van der Waals surface area (Å²) in [6.07, 6.45) is 3.65. The molecule has 0 spiro atoms. The normalized spacial score (nSPS) is 19.8. The second kappa shape index (κ2) is 6.27. The first-order valence-electron chi connectivity index (χ1n) is 10.2. The molecule has 3 heteroatoms. The Balaban J connectivity index is 1.62. The minimum Gasteiger partial charge on any atom is -0.347 e. The second-order valence-corrected chi connectivity index (χ2v) is 8.70. The fraction of sp³-hybridized carbons (Fsp3) is 0.185. The van der Waals surface area contributed by atoms with Crippen LogP contribution in [0, 0.1) is 6.92 Å². The van der Waals surface area contributed by atoms with Crippen molar-refractivity contribution in [3.8, 4) is 0 Å². The van der Waals surface area contributed by atoms with Gasteiger partial charge < -0.3 is 4.90 Å². The lowest BCUT2D eigenvalue weighted by Crippen LogP contribution is -2.22. The molecule has 0 unspecified atom stereocenters. The van der Waals surface area contributed by atoms with E-state index in [1.807, 2.05) is 26.1 Å². The Bertz CT molecular complexity index is 1320. The molecule has 0 N–H and O–H groups in total. The molecule has 0 fully saturated rings. The van der Waals surface area contributed by atoms with Gasteiger partial charge in [0.05, 0.1) is 5.57 Å². The molecule has 0 amide bonds. The van der Waals surface area contributed by atoms with E-state index in [9.17, 15) is 9.59 Å². The number of Topliss-reactive ketones (excluding diaryl/α,β-unsaturated/α-hetero) is 2. The fourth-order valence-electron chi connectivity index (χ4n) is 4.94. The summed E-state index contributed by atoms with van der Waals surface area (Å²) in [5.74, 6) is -0.370. The van der Waals surface area contributed by atoms with E-state index in [-0.39, 0.29) is 22.6 Å². The van der Waals surface area contributed by atoms with Crippen molar-refractivity contribution in [3.63, 3.8) is 0 Å². The summed E-state index contributed by atoms with van der Waals surface area (Å²) >= 11 is 0. The van der Waals surface area contributed by atoms with Crippen LogP contribution in [0.15, 0.2) is 78.0 Å². The van der Waals surface area contributed by atoms with Crippen molar-refractivity contribution in [2.45, 2.75) is 26.2 Å². The van der Waals surface area contributed by atoms with Gasteiger partial charge in [0.2, 0.25) is 0 Å². The zero-order valence-electron chi connectivity index (χ0n) is 17.6. The first kappa shape index (κ1) is 18.6. The van der Waals surface area contributed by atoms with E-state index in [0.29, 0.717) is 11.1 Å². The molecule has 3 aromatic rings. The molecule has 0 radical (unpaired) electrons. The van der Waals surface area contributed by atoms with Gasteiger partial charge in [-0.25, -0.2) is 0 Å². The number of ketones is 2. The average molecular weight is 393 g/mol. The maximum absolute atomic E-state index is 12.9. The second-order valence-electron chi connectivity index (χ2n) is 8.70. The van der Waals surface area contributed by atoms with Gasteiger partial charge in [0, 0.05) is 35.0 Å². The van der Waals surface area contributed by atoms with E-state index in [0.717, 1.165) is 16.9 Å². The molecule has 2 aliphatic rings. The van der Waals surface area contributed by atoms with Crippen LogP contribution in [-0.4, -0.2) is 18.6 Å². The topological polar surface area (TPSA) is 37.4 Å². The Labute approximate surface area is 176 Å². The zero-order valence-corrected chi connectivity index (χ0v) is 17.6. The van der Waals surface area contributed by atoms with Gasteiger partial charge in [-0.2, -0.15) is 0 Å². The monoisotopic (exact) mass is 393 g/mol. The van der Waals surface area contributed by atoms with Crippen LogP contribution in [-0.2, 0) is 5.41 Å². The molecule has 3 aromatic carbocycles. The molecule has 0 bridgehead atoms. The quantitative estimate of drug-likeness (QED) is 0.389. The summed E-state index contributed by atoms with van der Waals surface area (Å²) in [5.41, 5.74) is 5.48. The third-order valence-electron chi connectivity index (χ3n) is 6.46. The molecule has 1 aliphatic heterocycles. The highest BCUT2D eigenvalue weighted by molar-refractivity contribution is 6.39. The SMILES string of the molecule is Cc1ccc2c(c1)C(=O)/C(=C/C=C1/N(C)c3ccc4ccccc4c3C1(C)C)C2=O. The highest BCUT2D eigenvalue weighted by atomic mass is 16.2. The van der Waals surface area contributed by atoms with Crippen LogP contribution < -0.4 is 4.90 Å². The van der Waals surface area contributed by atoms with E-state index < -0.39 is 0 Å². The molecular formula is C27H23NO2. The van der Waals surface area contributed by atoms with Crippen LogP contribution >= 0.6 is 0 Å². The molecule has 1 heterocycles. The molecule has 1 aliphatic carbocycles. The largest absolute Gasteiger partial charge is 0.347 e. The minimum absolute atomic E-state index is 0.183. The van der Waals surface area contributed by atoms with E-state index >= 15 is 0 Å². The number of carbonyl (C=O) groups is 2. The number of rotatable bonds is 1. The Hall–Kier alpha value is -3.46. The molecular weight excluding hydrogens is 370 g/mol. The van der Waals surface area contributed by atoms with E-state index in [4.69, 9.17) is 0 Å². The number of hydrogen-bond donors (Lipinski definition) is 0. The lowest BCUT2D eigenvalue weighted by Gasteiger charge is -2.24. The van der Waals surface area contributed by atoms with E-state index in [1.165, 1.54) is 16.3 Å². The van der Waals surface area contributed by atoms with E-state index in [1.54, 1.807) is 18.2 Å². The van der Waals surface area contributed by atoms with E-state index in [2.05, 4.69) is 55.1 Å². The molecule has 0 aromatic heterocycles. The van der Waals surface area contributed by atoms with Crippen molar-refractivity contribution in [2.24, 2.45) is 0 Å². The highest BCUT2D eigenvalue weighted by Crippen LogP contribution is 2.50. The Morgan fingerprint density at radius 2 is 1.60 bits per heavy atom. The Kier molecular flexibility index (Phi) is 3.88. The number of benzene rings is 3. The number of fused-ring (bicyclic) bond motifs is 4. The van der Waals surface area contributed by atoms with Gasteiger partial charge in [-0.1, -0.05) is 61.9 Å². The van der Waals surface area contributed by atoms with Gasteiger partial charge in [0.1, 0.15) is 0 Å². The van der Waals surface area contributed by atoms with Gasteiger partial charge in [-0.3, -0.25) is 9.59 Å². The van der Waals surface area contributed by atoms with Gasteiger partial charge in [-0.15, -0.1) is 0 Å². The van der Waals surface area contributed by atoms with Crippen LogP contribution in [0.1, 0.15) is 45.7 Å². The maximum Gasteiger partial charge on any atom is 0.197 e. The van der Waals surface area contributed by atoms with Crippen LogP contribution in [0.2, 0.25) is 0 Å². The lowest BCUT2D eigenvalue weighted by molar-refractivity contribution is 0.0988. The Morgan fingerprint density at radius 3 is 2.40 bits per heavy atom. The third-order valence-corrected chi connectivity index (χ3v) is 6.46. The average Bonchev–Trinajstić information content (AvgIpc) is 3.08. The summed E-state index contributed by atoms with van der Waals surface area (Å²) in [4.78, 5) is 27.9. The number of likely N-dealkylation sites (N-methyl/N-ethyl adjacent to an activating group) is 1. The van der Waals surface area contributed by atoms with Crippen molar-refractivity contribution in [1.82, 2.24) is 0 Å². The lowest BCUT2D eigenvalue weighted by atomic mass is 9.81. The third kappa shape index (κ3) is 2.45. The molecule has 5 rings (SSSR count). The fourth-order valence-corrected chi connectivity index (χ4v) is 4.94. The molecule has 30 heavy (non-hydrogen) atoms. The molecule has 0 saturated carbocycles. The summed E-state index contributed by atoms with van der Waals surface area (Å²) in [6.45, 7) is 6.32. The van der Waals surface area contributed by atoms with Crippen LogP contribution in [0.5, 0.6) is 0 Å². The molecule has 148 valence electrons. The summed E-state index contributed by atoms with van der Waals surface area (Å²) in [7, 11) is 2.04. The first-order valence-corrected chi connectivity index (χ1v) is 10.2. The number of carbonyl (C=O) groups excluding carboxylic acids is 2. The van der Waals surface area contributed by atoms with Crippen molar-refractivity contribution < 1.29 is 9.59 Å². The van der Waals surface area contributed by atoms with Gasteiger partial charge in [0.15, 0.2) is 11.6 Å². The standard InChI is InChI=1S/C27H23NO2/c1-16-9-11-19-21(15-16)26(30)20(25(19)29)12-14-23-27(2,3)24-18-8-6-5-7-17(18)10-13-22(24)28(23)4/h5-15H,1-4H3/b20-12+,23-14+. The van der Waals surface area contributed by atoms with Crippen molar-refractivity contribution >= 4 is 28.0 Å². The van der Waals surface area contributed by atoms with Gasteiger partial charge >= 0.3 is 0 Å². The van der Waals surface area contributed by atoms with Crippen LogP contribution in [0.3, 0.4) is 0 Å². The minimum atomic E-state index is -0.254. The van der Waals surface area contributed by atoms with Crippen LogP contribution in [0.4, 0.5) is 5.69 Å². The number of allylic oxidation sites excluding steroid dienone is 4.